The molecule has 0 unspecified atom stereocenters. The zero-order chi connectivity index (χ0) is 29.7. The van der Waals surface area contributed by atoms with Gasteiger partial charge in [-0.1, -0.05) is 91.0 Å². The summed E-state index contributed by atoms with van der Waals surface area (Å²) in [4.78, 5) is 11.3. The molecular weight excluding hydrogens is 546 g/mol. The highest BCUT2D eigenvalue weighted by atomic mass is 15.1. The Morgan fingerprint density at radius 2 is 0.911 bits per heavy atom. The largest absolute Gasteiger partial charge is 0.310 e. The second-order valence-corrected chi connectivity index (χ2v) is 11.6. The quantitative estimate of drug-likeness (QED) is 0.192. The SMILES string of the molecule is c1cncc(-c2cc(-c3cccnc3)cc(N(c3cc4ccc5cccc6ccc(c3)c4c56)c3cccc4ccccc34)c2)c1. The van der Waals surface area contributed by atoms with Gasteiger partial charge in [-0.2, -0.15) is 0 Å². The Kier molecular flexibility index (Phi) is 5.82. The lowest BCUT2D eigenvalue weighted by Crippen LogP contribution is -2.11. The van der Waals surface area contributed by atoms with Crippen LogP contribution in [-0.4, -0.2) is 9.97 Å². The standard InChI is InChI=1S/C42H27N3/c1-2-13-39-28(7-1)8-4-14-40(39)45(37-22-31-17-15-29-9-3-10-30-16-18-32(23-37)42(31)41(29)30)38-24-35(33-11-5-19-43-26-33)21-36(25-38)34-12-6-20-44-27-34/h1-27H. The van der Waals surface area contributed by atoms with E-state index < -0.39 is 0 Å². The fourth-order valence-electron chi connectivity index (χ4n) is 6.84. The molecule has 2 heterocycles. The second kappa shape index (κ2) is 10.3. The number of anilines is 3. The van der Waals surface area contributed by atoms with Crippen LogP contribution in [0.1, 0.15) is 0 Å². The fourth-order valence-corrected chi connectivity index (χ4v) is 6.84. The molecule has 2 aromatic heterocycles. The molecule has 0 bridgehead atoms. The average Bonchev–Trinajstić information content (AvgIpc) is 3.11. The molecule has 0 atom stereocenters. The van der Waals surface area contributed by atoms with Gasteiger partial charge in [0.15, 0.2) is 0 Å². The minimum Gasteiger partial charge on any atom is -0.310 e. The predicted octanol–water partition coefficient (Wildman–Crippen LogP) is 11.3. The molecule has 0 spiro atoms. The third-order valence-corrected chi connectivity index (χ3v) is 8.88. The van der Waals surface area contributed by atoms with Gasteiger partial charge in [-0.25, -0.2) is 0 Å². The first-order valence-corrected chi connectivity index (χ1v) is 15.2. The highest BCUT2D eigenvalue weighted by Crippen LogP contribution is 2.45. The maximum Gasteiger partial charge on any atom is 0.0540 e. The molecular formula is C42H27N3. The molecule has 210 valence electrons. The smallest absolute Gasteiger partial charge is 0.0540 e. The number of nitrogens with zero attached hydrogens (tertiary/aromatic N) is 3. The van der Waals surface area contributed by atoms with Gasteiger partial charge in [-0.05, 0) is 97.4 Å². The van der Waals surface area contributed by atoms with Crippen LogP contribution in [0.3, 0.4) is 0 Å². The maximum atomic E-state index is 4.45. The summed E-state index contributed by atoms with van der Waals surface area (Å²) in [5, 5.41) is 10.0. The highest BCUT2D eigenvalue weighted by Gasteiger charge is 2.20. The minimum atomic E-state index is 1.07. The zero-order valence-electron chi connectivity index (χ0n) is 24.4. The number of benzene rings is 7. The Labute approximate surface area is 261 Å². The van der Waals surface area contributed by atoms with Crippen LogP contribution in [0, 0.1) is 0 Å². The first-order valence-electron chi connectivity index (χ1n) is 15.2. The molecule has 9 rings (SSSR count). The van der Waals surface area contributed by atoms with Crippen LogP contribution in [0.5, 0.6) is 0 Å². The fraction of sp³-hybridized carbons (Fsp3) is 0. The molecule has 0 fully saturated rings. The summed E-state index contributed by atoms with van der Waals surface area (Å²) < 4.78 is 0. The third kappa shape index (κ3) is 4.29. The van der Waals surface area contributed by atoms with E-state index in [1.54, 1.807) is 0 Å². The molecule has 0 aliphatic carbocycles. The van der Waals surface area contributed by atoms with Crippen LogP contribution in [0.2, 0.25) is 0 Å². The molecule has 0 saturated carbocycles. The maximum absolute atomic E-state index is 4.45. The highest BCUT2D eigenvalue weighted by molar-refractivity contribution is 6.24. The van der Waals surface area contributed by atoms with Crippen molar-refractivity contribution in [3.05, 3.63) is 164 Å². The van der Waals surface area contributed by atoms with E-state index in [4.69, 9.17) is 0 Å². The monoisotopic (exact) mass is 573 g/mol. The normalized spacial score (nSPS) is 11.6. The van der Waals surface area contributed by atoms with Crippen LogP contribution in [0.15, 0.2) is 164 Å². The Hall–Kier alpha value is -6.06. The van der Waals surface area contributed by atoms with Gasteiger partial charge >= 0.3 is 0 Å². The van der Waals surface area contributed by atoms with Crippen molar-refractivity contribution in [2.75, 3.05) is 4.90 Å². The van der Waals surface area contributed by atoms with Crippen LogP contribution in [0.25, 0.3) is 65.3 Å². The summed E-state index contributed by atoms with van der Waals surface area (Å²) in [7, 11) is 0. The van der Waals surface area contributed by atoms with Gasteiger partial charge in [0, 0.05) is 52.7 Å². The Morgan fingerprint density at radius 1 is 0.378 bits per heavy atom. The number of aromatic nitrogens is 2. The molecule has 9 aromatic rings. The predicted molar refractivity (Wildman–Crippen MR) is 189 cm³/mol. The van der Waals surface area contributed by atoms with E-state index in [2.05, 4.69) is 142 Å². The number of hydrogen-bond donors (Lipinski definition) is 0. The van der Waals surface area contributed by atoms with Crippen LogP contribution < -0.4 is 4.90 Å². The van der Waals surface area contributed by atoms with E-state index in [-0.39, 0.29) is 0 Å². The first kappa shape index (κ1) is 25.4. The molecule has 0 amide bonds. The van der Waals surface area contributed by atoms with Gasteiger partial charge in [0.1, 0.15) is 0 Å². The Morgan fingerprint density at radius 3 is 1.56 bits per heavy atom. The summed E-state index contributed by atoms with van der Waals surface area (Å²) in [5.41, 5.74) is 7.64. The van der Waals surface area contributed by atoms with Gasteiger partial charge in [0.25, 0.3) is 0 Å². The van der Waals surface area contributed by atoms with E-state index in [0.29, 0.717) is 0 Å². The summed E-state index contributed by atoms with van der Waals surface area (Å²) in [5.74, 6) is 0. The summed E-state index contributed by atoms with van der Waals surface area (Å²) >= 11 is 0. The number of fused-ring (bicyclic) bond motifs is 1. The summed E-state index contributed by atoms with van der Waals surface area (Å²) in [6, 6.07) is 50.5. The van der Waals surface area contributed by atoms with Gasteiger partial charge < -0.3 is 4.90 Å². The lowest BCUT2D eigenvalue weighted by Gasteiger charge is -2.29. The van der Waals surface area contributed by atoms with Gasteiger partial charge in [0.2, 0.25) is 0 Å². The molecule has 0 radical (unpaired) electrons. The molecule has 0 aliphatic heterocycles. The van der Waals surface area contributed by atoms with Crippen molar-refractivity contribution in [3.8, 4) is 22.3 Å². The van der Waals surface area contributed by atoms with Crippen molar-refractivity contribution >= 4 is 60.2 Å². The van der Waals surface area contributed by atoms with Crippen molar-refractivity contribution in [3.63, 3.8) is 0 Å². The van der Waals surface area contributed by atoms with E-state index in [9.17, 15) is 0 Å². The summed E-state index contributed by atoms with van der Waals surface area (Å²) in [6.45, 7) is 0. The second-order valence-electron chi connectivity index (χ2n) is 11.6. The van der Waals surface area contributed by atoms with Crippen molar-refractivity contribution in [2.45, 2.75) is 0 Å². The molecule has 3 nitrogen and oxygen atoms in total. The van der Waals surface area contributed by atoms with Gasteiger partial charge in [-0.3, -0.25) is 9.97 Å². The van der Waals surface area contributed by atoms with Gasteiger partial charge in [0.05, 0.1) is 5.69 Å². The number of hydrogen-bond acceptors (Lipinski definition) is 3. The van der Waals surface area contributed by atoms with Crippen LogP contribution >= 0.6 is 0 Å². The van der Waals surface area contributed by atoms with E-state index in [1.807, 2.05) is 36.9 Å². The Balaban J connectivity index is 1.36. The molecule has 0 N–H and O–H groups in total. The minimum absolute atomic E-state index is 1.07. The average molecular weight is 574 g/mol. The number of pyridine rings is 2. The van der Waals surface area contributed by atoms with Crippen molar-refractivity contribution < 1.29 is 0 Å². The van der Waals surface area contributed by atoms with Crippen molar-refractivity contribution in [1.29, 1.82) is 0 Å². The molecule has 45 heavy (non-hydrogen) atoms. The molecule has 3 heteroatoms. The van der Waals surface area contributed by atoms with E-state index >= 15 is 0 Å². The van der Waals surface area contributed by atoms with E-state index in [0.717, 1.165) is 39.3 Å². The number of rotatable bonds is 5. The van der Waals surface area contributed by atoms with Crippen LogP contribution in [0.4, 0.5) is 17.1 Å². The molecule has 0 saturated heterocycles. The third-order valence-electron chi connectivity index (χ3n) is 8.88. The van der Waals surface area contributed by atoms with Crippen molar-refractivity contribution in [2.24, 2.45) is 0 Å². The lowest BCUT2D eigenvalue weighted by atomic mass is 9.93. The lowest BCUT2D eigenvalue weighted by molar-refractivity contribution is 1.29. The van der Waals surface area contributed by atoms with E-state index in [1.165, 1.54) is 43.1 Å². The summed E-state index contributed by atoms with van der Waals surface area (Å²) in [6.07, 6.45) is 7.51. The molecule has 0 aliphatic rings. The topological polar surface area (TPSA) is 29.0 Å². The first-order chi connectivity index (χ1) is 22.3. The zero-order valence-corrected chi connectivity index (χ0v) is 24.4. The van der Waals surface area contributed by atoms with Gasteiger partial charge in [-0.15, -0.1) is 0 Å². The Bertz CT molecular complexity index is 2360. The van der Waals surface area contributed by atoms with Crippen LogP contribution in [-0.2, 0) is 0 Å². The molecule has 7 aromatic carbocycles. The van der Waals surface area contributed by atoms with Crippen molar-refractivity contribution in [1.82, 2.24) is 9.97 Å².